The molecule has 2 N–H and O–H groups in total. The summed E-state index contributed by atoms with van der Waals surface area (Å²) >= 11 is 1.60. The molecule has 0 aromatic heterocycles. The van der Waals surface area contributed by atoms with Gasteiger partial charge >= 0.3 is 0 Å². The fourth-order valence-electron chi connectivity index (χ4n) is 2.55. The molecule has 0 spiro atoms. The molecule has 1 atom stereocenters. The van der Waals surface area contributed by atoms with E-state index in [0.717, 1.165) is 5.75 Å². The number of amides is 2. The number of carbonyl (C=O) groups is 2. The first-order chi connectivity index (χ1) is 14.1. The lowest BCUT2D eigenvalue weighted by atomic mass is 10.2. The molecule has 0 heterocycles. The van der Waals surface area contributed by atoms with Gasteiger partial charge in [-0.2, -0.15) is 11.8 Å². The van der Waals surface area contributed by atoms with E-state index in [1.165, 1.54) is 7.11 Å². The van der Waals surface area contributed by atoms with Crippen molar-refractivity contribution < 1.29 is 23.8 Å². The van der Waals surface area contributed by atoms with Crippen LogP contribution in [-0.2, 0) is 9.59 Å². The van der Waals surface area contributed by atoms with Crippen molar-refractivity contribution in [2.75, 3.05) is 38.2 Å². The quantitative estimate of drug-likeness (QED) is 0.584. The minimum atomic E-state index is -0.678. The molecule has 156 valence electrons. The lowest BCUT2D eigenvalue weighted by Gasteiger charge is -2.19. The van der Waals surface area contributed by atoms with E-state index in [1.807, 2.05) is 24.5 Å². The van der Waals surface area contributed by atoms with Crippen molar-refractivity contribution in [1.29, 1.82) is 0 Å². The van der Waals surface area contributed by atoms with Gasteiger partial charge < -0.3 is 24.8 Å². The summed E-state index contributed by atoms with van der Waals surface area (Å²) in [4.78, 5) is 25.0. The standard InChI is InChI=1S/C21H26N2O5S/c1-26-18-10-9-15(13-19(18)27-2)22-21(25)17(11-12-29-3)23-20(24)14-28-16-7-5-4-6-8-16/h4-10,13,17H,11-12,14H2,1-3H3,(H,22,25)(H,23,24). The van der Waals surface area contributed by atoms with Crippen LogP contribution in [0.3, 0.4) is 0 Å². The van der Waals surface area contributed by atoms with Gasteiger partial charge in [0.25, 0.3) is 5.91 Å². The maximum Gasteiger partial charge on any atom is 0.258 e. The third-order valence-corrected chi connectivity index (χ3v) is 4.67. The average molecular weight is 419 g/mol. The Hall–Kier alpha value is -2.87. The molecular weight excluding hydrogens is 392 g/mol. The molecule has 0 bridgehead atoms. The van der Waals surface area contributed by atoms with Crippen molar-refractivity contribution in [1.82, 2.24) is 5.32 Å². The number of anilines is 1. The summed E-state index contributed by atoms with van der Waals surface area (Å²) in [7, 11) is 3.07. The number of para-hydroxylation sites is 1. The highest BCUT2D eigenvalue weighted by atomic mass is 32.2. The number of hydrogen-bond acceptors (Lipinski definition) is 6. The zero-order chi connectivity index (χ0) is 21.1. The van der Waals surface area contributed by atoms with Crippen molar-refractivity contribution in [3.8, 4) is 17.2 Å². The van der Waals surface area contributed by atoms with Gasteiger partial charge in [0.05, 0.1) is 14.2 Å². The molecule has 0 aliphatic rings. The van der Waals surface area contributed by atoms with Gasteiger partial charge in [0.15, 0.2) is 18.1 Å². The number of ether oxygens (including phenoxy) is 3. The molecule has 29 heavy (non-hydrogen) atoms. The Kier molecular flexibility index (Phi) is 9.17. The van der Waals surface area contributed by atoms with Gasteiger partial charge in [0.1, 0.15) is 11.8 Å². The summed E-state index contributed by atoms with van der Waals surface area (Å²) < 4.78 is 15.9. The summed E-state index contributed by atoms with van der Waals surface area (Å²) in [5.41, 5.74) is 0.552. The lowest BCUT2D eigenvalue weighted by Crippen LogP contribution is -2.45. The Bertz CT molecular complexity index is 801. The molecule has 1 unspecified atom stereocenters. The molecule has 8 heteroatoms. The van der Waals surface area contributed by atoms with Crippen molar-refractivity contribution >= 4 is 29.3 Å². The summed E-state index contributed by atoms with van der Waals surface area (Å²) in [5.74, 6) is 1.73. The largest absolute Gasteiger partial charge is 0.493 e. The minimum Gasteiger partial charge on any atom is -0.493 e. The molecule has 2 aromatic carbocycles. The van der Waals surface area contributed by atoms with Gasteiger partial charge in [-0.15, -0.1) is 0 Å². The average Bonchev–Trinajstić information content (AvgIpc) is 2.75. The second-order valence-corrected chi connectivity index (χ2v) is 7.05. The first kappa shape index (κ1) is 22.4. The monoisotopic (exact) mass is 418 g/mol. The van der Waals surface area contributed by atoms with Gasteiger partial charge in [0, 0.05) is 11.8 Å². The predicted molar refractivity (Wildman–Crippen MR) is 115 cm³/mol. The van der Waals surface area contributed by atoms with Crippen LogP contribution in [0.1, 0.15) is 6.42 Å². The van der Waals surface area contributed by atoms with E-state index < -0.39 is 6.04 Å². The zero-order valence-corrected chi connectivity index (χ0v) is 17.6. The van der Waals surface area contributed by atoms with E-state index in [4.69, 9.17) is 14.2 Å². The normalized spacial score (nSPS) is 11.3. The maximum atomic E-state index is 12.7. The second kappa shape index (κ2) is 11.9. The zero-order valence-electron chi connectivity index (χ0n) is 16.8. The van der Waals surface area contributed by atoms with Gasteiger partial charge in [-0.25, -0.2) is 0 Å². The molecule has 0 saturated carbocycles. The van der Waals surface area contributed by atoms with Crippen molar-refractivity contribution in [3.63, 3.8) is 0 Å². The van der Waals surface area contributed by atoms with Crippen LogP contribution >= 0.6 is 11.8 Å². The number of benzene rings is 2. The molecule has 0 radical (unpaired) electrons. The highest BCUT2D eigenvalue weighted by Crippen LogP contribution is 2.29. The maximum absolute atomic E-state index is 12.7. The van der Waals surface area contributed by atoms with Crippen LogP contribution in [0.4, 0.5) is 5.69 Å². The Balaban J connectivity index is 1.98. The van der Waals surface area contributed by atoms with Crippen LogP contribution in [-0.4, -0.2) is 50.7 Å². The SMILES string of the molecule is COc1ccc(NC(=O)C(CCSC)NC(=O)COc2ccccc2)cc1OC. The van der Waals surface area contributed by atoms with Crippen LogP contribution < -0.4 is 24.8 Å². The minimum absolute atomic E-state index is 0.163. The van der Waals surface area contributed by atoms with E-state index in [0.29, 0.717) is 29.4 Å². The Morgan fingerprint density at radius 2 is 1.76 bits per heavy atom. The van der Waals surface area contributed by atoms with Crippen LogP contribution in [0.5, 0.6) is 17.2 Å². The number of nitrogens with one attached hydrogen (secondary N) is 2. The van der Waals surface area contributed by atoms with E-state index >= 15 is 0 Å². The summed E-state index contributed by atoms with van der Waals surface area (Å²) in [6.45, 7) is -0.163. The molecule has 2 amide bonds. The second-order valence-electron chi connectivity index (χ2n) is 6.06. The van der Waals surface area contributed by atoms with Gasteiger partial charge in [0.2, 0.25) is 5.91 Å². The molecule has 2 rings (SSSR count). The number of methoxy groups -OCH3 is 2. The third-order valence-electron chi connectivity index (χ3n) is 4.03. The molecule has 0 aliphatic heterocycles. The van der Waals surface area contributed by atoms with Crippen molar-refractivity contribution in [2.45, 2.75) is 12.5 Å². The van der Waals surface area contributed by atoms with E-state index in [9.17, 15) is 9.59 Å². The molecule has 0 aliphatic carbocycles. The number of rotatable bonds is 11. The molecular formula is C21H26N2O5S. The molecule has 0 fully saturated rings. The topological polar surface area (TPSA) is 85.9 Å². The summed E-state index contributed by atoms with van der Waals surface area (Å²) in [5, 5.41) is 5.56. The van der Waals surface area contributed by atoms with Crippen LogP contribution in [0.15, 0.2) is 48.5 Å². The van der Waals surface area contributed by atoms with Gasteiger partial charge in [-0.05, 0) is 42.7 Å². The van der Waals surface area contributed by atoms with E-state index in [2.05, 4.69) is 10.6 Å². The van der Waals surface area contributed by atoms with Crippen LogP contribution in [0, 0.1) is 0 Å². The Morgan fingerprint density at radius 3 is 2.41 bits per heavy atom. The molecule has 7 nitrogen and oxygen atoms in total. The number of hydrogen-bond donors (Lipinski definition) is 2. The van der Waals surface area contributed by atoms with Gasteiger partial charge in [-0.1, -0.05) is 18.2 Å². The first-order valence-electron chi connectivity index (χ1n) is 9.06. The number of carbonyl (C=O) groups excluding carboxylic acids is 2. The number of thioether (sulfide) groups is 1. The summed E-state index contributed by atoms with van der Waals surface area (Å²) in [6, 6.07) is 13.5. The third kappa shape index (κ3) is 7.23. The van der Waals surface area contributed by atoms with E-state index in [1.54, 1.807) is 49.2 Å². The fraction of sp³-hybridized carbons (Fsp3) is 0.333. The van der Waals surface area contributed by atoms with Crippen LogP contribution in [0.25, 0.3) is 0 Å². The first-order valence-corrected chi connectivity index (χ1v) is 10.5. The fourth-order valence-corrected chi connectivity index (χ4v) is 3.02. The predicted octanol–water partition coefficient (Wildman–Crippen LogP) is 2.96. The molecule has 2 aromatic rings. The Labute approximate surface area is 175 Å². The smallest absolute Gasteiger partial charge is 0.258 e. The Morgan fingerprint density at radius 1 is 1.03 bits per heavy atom. The van der Waals surface area contributed by atoms with Crippen LogP contribution in [0.2, 0.25) is 0 Å². The lowest BCUT2D eigenvalue weighted by molar-refractivity contribution is -0.127. The van der Waals surface area contributed by atoms with Gasteiger partial charge in [-0.3, -0.25) is 9.59 Å². The highest BCUT2D eigenvalue weighted by Gasteiger charge is 2.21. The van der Waals surface area contributed by atoms with E-state index in [-0.39, 0.29) is 18.4 Å². The van der Waals surface area contributed by atoms with Crippen molar-refractivity contribution in [3.05, 3.63) is 48.5 Å². The molecule has 0 saturated heterocycles. The van der Waals surface area contributed by atoms with Crippen molar-refractivity contribution in [2.24, 2.45) is 0 Å². The summed E-state index contributed by atoms with van der Waals surface area (Å²) in [6.07, 6.45) is 2.45. The highest BCUT2D eigenvalue weighted by molar-refractivity contribution is 7.98.